The van der Waals surface area contributed by atoms with Gasteiger partial charge in [0.25, 0.3) is 0 Å². The average Bonchev–Trinajstić information content (AvgIpc) is 0.824. The lowest BCUT2D eigenvalue weighted by Crippen LogP contribution is -2.29. The number of rotatable bonds is 50. The Morgan fingerprint density at radius 2 is 1.06 bits per heavy atom. The predicted molar refractivity (Wildman–Crippen MR) is 491 cm³/mol. The van der Waals surface area contributed by atoms with Crippen LogP contribution in [-0.2, 0) is 111 Å². The monoisotopic (exact) mass is 1750 g/mol. The van der Waals surface area contributed by atoms with E-state index in [2.05, 4.69) is 145 Å². The number of halogens is 3. The third-order valence-corrected chi connectivity index (χ3v) is 21.2. The molecule has 12 atom stereocenters. The zero-order valence-electron chi connectivity index (χ0n) is 80.5. The first kappa shape index (κ1) is 118. The van der Waals surface area contributed by atoms with E-state index >= 15 is 0 Å². The van der Waals surface area contributed by atoms with Gasteiger partial charge in [-0.25, -0.2) is 0 Å². The minimum Gasteiger partial charge on any atom is -0.497 e. The van der Waals surface area contributed by atoms with E-state index in [1.807, 2.05) is 69.3 Å². The number of nitrogens with zero attached hydrogens (tertiary/aromatic N) is 1. The Hall–Kier alpha value is -5.99. The van der Waals surface area contributed by atoms with Gasteiger partial charge in [-0.05, 0) is 173 Å². The van der Waals surface area contributed by atoms with Crippen LogP contribution in [0, 0.1) is 40.9 Å². The maximum absolute atomic E-state index is 12.3. The fourth-order valence-electron chi connectivity index (χ4n) is 13.0. The third-order valence-electron chi connectivity index (χ3n) is 21.2. The second-order valence-corrected chi connectivity index (χ2v) is 31.1. The van der Waals surface area contributed by atoms with Gasteiger partial charge in [0.05, 0.1) is 85.0 Å². The van der Waals surface area contributed by atoms with Gasteiger partial charge in [0, 0.05) is 74.4 Å². The first-order chi connectivity index (χ1) is 59.8. The van der Waals surface area contributed by atoms with Crippen LogP contribution in [-0.4, -0.2) is 160 Å². The zero-order chi connectivity index (χ0) is 92.6. The highest BCUT2D eigenvalue weighted by Crippen LogP contribution is 2.34. The van der Waals surface area contributed by atoms with Gasteiger partial charge in [-0.15, -0.1) is 0 Å². The maximum Gasteiger partial charge on any atom is 0.394 e. The number of carbonyl (C=O) groups is 1. The number of hydrogen-bond acceptors (Lipinski definition) is 20. The summed E-state index contributed by atoms with van der Waals surface area (Å²) in [6.45, 7) is 30.0. The molecule has 20 nitrogen and oxygen atoms in total. The molecule has 23 heteroatoms. The number of nitriles is 1. The van der Waals surface area contributed by atoms with Crippen LogP contribution >= 0.6 is 0 Å². The van der Waals surface area contributed by atoms with Crippen molar-refractivity contribution in [2.75, 3.05) is 104 Å². The molecule has 2 fully saturated rings. The van der Waals surface area contributed by atoms with Gasteiger partial charge in [-0.3, -0.25) is 4.79 Å². The van der Waals surface area contributed by atoms with Crippen molar-refractivity contribution in [1.82, 2.24) is 0 Å². The molecular formula is C101H166F3NO19. The number of methoxy groups -OCH3 is 10. The second kappa shape index (κ2) is 77.0. The van der Waals surface area contributed by atoms with Crippen LogP contribution < -0.4 is 4.74 Å². The topological polar surface area (TPSA) is 207 Å². The highest BCUT2D eigenvalue weighted by molar-refractivity contribution is 5.83. The molecule has 0 spiro atoms. The second-order valence-electron chi connectivity index (χ2n) is 31.1. The molecular weight excluding hydrogens is 1590 g/mol. The molecule has 12 unspecified atom stereocenters. The first-order valence-corrected chi connectivity index (χ1v) is 45.4. The first-order valence-electron chi connectivity index (χ1n) is 45.4. The highest BCUT2D eigenvalue weighted by atomic mass is 19.4. The van der Waals surface area contributed by atoms with Gasteiger partial charge in [0.15, 0.2) is 50.3 Å². The number of hydrogen-bond donors (Lipinski definition) is 0. The number of esters is 1. The smallest absolute Gasteiger partial charge is 0.394 e. The van der Waals surface area contributed by atoms with Crippen LogP contribution in [0.3, 0.4) is 0 Å². The lowest BCUT2D eigenvalue weighted by atomic mass is 9.81. The summed E-state index contributed by atoms with van der Waals surface area (Å²) < 4.78 is 132. The van der Waals surface area contributed by atoms with E-state index in [9.17, 15) is 18.0 Å². The normalized spacial score (nSPS) is 17.3. The van der Waals surface area contributed by atoms with E-state index in [0.717, 1.165) is 112 Å². The van der Waals surface area contributed by atoms with E-state index in [1.54, 1.807) is 63.6 Å². The number of fused-ring (bicyclic) bond motifs is 1. The Morgan fingerprint density at radius 1 is 0.500 bits per heavy atom. The predicted octanol–water partition coefficient (Wildman–Crippen LogP) is 25.3. The summed E-state index contributed by atoms with van der Waals surface area (Å²) in [5.74, 6) is 1.79. The molecule has 0 amide bonds. The van der Waals surface area contributed by atoms with E-state index in [4.69, 9.17) is 85.8 Å². The number of allylic oxidation sites excluding steroid dienone is 1. The van der Waals surface area contributed by atoms with E-state index < -0.39 is 24.7 Å². The summed E-state index contributed by atoms with van der Waals surface area (Å²) in [6.07, 6.45) is 23.0. The zero-order valence-corrected chi connectivity index (χ0v) is 80.5. The fraction of sp³-hybridized carbons (Fsp3) is 0.683. The molecule has 2 aliphatic carbocycles. The van der Waals surface area contributed by atoms with Crippen molar-refractivity contribution in [3.63, 3.8) is 0 Å². The molecule has 2 saturated carbocycles. The molecule has 0 saturated heterocycles. The van der Waals surface area contributed by atoms with Crippen LogP contribution in [0.1, 0.15) is 277 Å². The minimum atomic E-state index is -4.18. The molecule has 124 heavy (non-hydrogen) atoms. The van der Waals surface area contributed by atoms with Gasteiger partial charge in [-0.2, -0.15) is 18.4 Å². The maximum atomic E-state index is 12.3. The molecule has 0 bridgehead atoms. The van der Waals surface area contributed by atoms with Gasteiger partial charge in [0.2, 0.25) is 0 Å². The van der Waals surface area contributed by atoms with Crippen LogP contribution in [0.5, 0.6) is 5.75 Å². The van der Waals surface area contributed by atoms with Crippen molar-refractivity contribution in [2.45, 2.75) is 320 Å². The van der Waals surface area contributed by atoms with Gasteiger partial charge in [0.1, 0.15) is 5.75 Å². The van der Waals surface area contributed by atoms with E-state index in [0.29, 0.717) is 45.4 Å². The van der Waals surface area contributed by atoms with Crippen molar-refractivity contribution < 1.29 is 103 Å². The Kier molecular flexibility index (Phi) is 73.3. The van der Waals surface area contributed by atoms with Crippen molar-refractivity contribution in [3.8, 4) is 11.8 Å². The summed E-state index contributed by atoms with van der Waals surface area (Å²) >= 11 is 0. The average molecular weight is 1760 g/mol. The molecule has 0 N–H and O–H groups in total. The Balaban J connectivity index is 0.00000140. The summed E-state index contributed by atoms with van der Waals surface area (Å²) in [4.78, 5) is 11.0. The number of carbonyl (C=O) groups excluding carboxylic acids is 1. The van der Waals surface area contributed by atoms with E-state index in [-0.39, 0.29) is 69.1 Å². The molecule has 5 aromatic rings. The summed E-state index contributed by atoms with van der Waals surface area (Å²) in [5.41, 5.74) is 7.21. The molecule has 710 valence electrons. The molecule has 0 radical (unpaired) electrons. The number of benzene rings is 5. The summed E-state index contributed by atoms with van der Waals surface area (Å²) in [6, 6.07) is 41.7. The van der Waals surface area contributed by atoms with Crippen LogP contribution in [0.2, 0.25) is 0 Å². The fourth-order valence-corrected chi connectivity index (χ4v) is 13.0. The summed E-state index contributed by atoms with van der Waals surface area (Å²) in [7, 11) is 15.9. The van der Waals surface area contributed by atoms with Crippen LogP contribution in [0.25, 0.3) is 10.8 Å². The van der Waals surface area contributed by atoms with Gasteiger partial charge in [-0.1, -0.05) is 242 Å². The standard InChI is InChI=1S/C16H20O2.C15H24O3.C15H22O2.C14H22O2.C12H21NO4.C12H24O2.C9H17F3O2.C8H16O2/c1-4-13-5-7-16-10-14(6-8-15(16)9-13)11-18-12(2)17-3;1-4-5-6-7-11-18-15(17-3)13-9-8-10-14(12-13)16-2;1-12-7-6-10-14(11-12)17-15(16-2)13-8-4-3-5-9-13;1-4-6-14(15-3)16-11-13-9-7-12(5-2)8-10-13;1-4-5-10(6-7-13)9-17-12(16-3)8-11(14)15-2;1-4-11-5-7-12(8-6-11)9-14-10(2)13-3;1-4-5-8(9(10,11)12)6-14-7(2)13-3;1-4-5-6-7-10-8(2)9-3/h5-10,12H,4,11H2,1-3H3;8-10,12,15H,4-7,11H2,1-3H3;3-5,8-9,12,14-15H,6-7,10-11H2,1-2H3;7-10,14H,4-6,11H2,1-3H3;10,12H,4-6,8-9H2,1-3H3;10-12H,4-9H2,1-3H3;7-8H,4-6H2,1-3H3;5-6,8H,4,7H2,1-3H3/b;;;;;;;6-5+. The van der Waals surface area contributed by atoms with Crippen molar-refractivity contribution in [1.29, 1.82) is 5.26 Å². The highest BCUT2D eigenvalue weighted by Gasteiger charge is 2.39. The van der Waals surface area contributed by atoms with Crippen molar-refractivity contribution in [3.05, 3.63) is 161 Å². The largest absolute Gasteiger partial charge is 0.497 e. The number of aryl methyl sites for hydroxylation is 2. The van der Waals surface area contributed by atoms with Crippen molar-refractivity contribution >= 4 is 16.7 Å². The number of ether oxygens (including phenoxy) is 18. The molecule has 0 aliphatic heterocycles. The SMILES string of the molecule is CC/C=C/COC(C)OC.CCC1CCC(COC(C)OC)CC1.CCCC(CC#N)COC(CC(=O)OC)OC.CCCC(COC(C)OC)C(F)(F)F.CCCC(OC)OCc1ccc(CC)cc1.CCCCCCOC(OC)c1cccc(OC)c1.CCc1ccc2cc(COC(C)OC)ccc2c1.COC(OC1CCCC(C)C1)c1ccccc1. The van der Waals surface area contributed by atoms with E-state index in [1.165, 1.54) is 119 Å². The van der Waals surface area contributed by atoms with Crippen LogP contribution in [0.4, 0.5) is 13.2 Å². The molecule has 0 aromatic heterocycles. The van der Waals surface area contributed by atoms with Crippen LogP contribution in [0.15, 0.2) is 127 Å². The Morgan fingerprint density at radius 3 is 1.60 bits per heavy atom. The molecule has 5 aromatic carbocycles. The van der Waals surface area contributed by atoms with Crippen molar-refractivity contribution in [2.24, 2.45) is 29.6 Å². The molecule has 0 heterocycles. The minimum absolute atomic E-state index is 0.0427. The summed E-state index contributed by atoms with van der Waals surface area (Å²) in [5, 5.41) is 11.2. The lowest BCUT2D eigenvalue weighted by molar-refractivity contribution is -0.209. The quantitative estimate of drug-likeness (QED) is 0.0153. The molecule has 2 aliphatic rings. The van der Waals surface area contributed by atoms with Gasteiger partial charge < -0.3 is 85.3 Å². The third kappa shape index (κ3) is 58.5. The number of alkyl halides is 3. The van der Waals surface area contributed by atoms with Gasteiger partial charge >= 0.3 is 12.1 Å². The Labute approximate surface area is 747 Å². The number of unbranched alkanes of at least 4 members (excludes halogenated alkanes) is 3. The molecule has 7 rings (SSSR count). The Bertz CT molecular complexity index is 3340. The lowest BCUT2D eigenvalue weighted by Gasteiger charge is -2.30.